The number of halogens is 2. The lowest BCUT2D eigenvalue weighted by molar-refractivity contribution is 1.45. The Labute approximate surface area is 140 Å². The van der Waals surface area contributed by atoms with E-state index in [9.17, 15) is 0 Å². The Hall–Kier alpha value is -1.96. The zero-order valence-electron chi connectivity index (χ0n) is 12.0. The van der Waals surface area contributed by atoms with E-state index in [4.69, 9.17) is 23.2 Å². The third kappa shape index (κ3) is 3.11. The van der Waals surface area contributed by atoms with E-state index in [2.05, 4.69) is 11.4 Å². The minimum absolute atomic E-state index is 0.607. The molecule has 0 saturated heterocycles. The van der Waals surface area contributed by atoms with Gasteiger partial charge in [0.1, 0.15) is 0 Å². The molecule has 0 amide bonds. The average molecular weight is 327 g/mol. The summed E-state index contributed by atoms with van der Waals surface area (Å²) in [5, 5.41) is 4.54. The molecule has 0 spiro atoms. The largest absolute Gasteiger partial charge is 0.353 e. The van der Waals surface area contributed by atoms with Gasteiger partial charge in [-0.05, 0) is 47.9 Å². The molecule has 0 unspecified atom stereocenters. The van der Waals surface area contributed by atoms with Crippen molar-refractivity contribution in [2.75, 3.05) is 5.32 Å². The van der Waals surface area contributed by atoms with Crippen LogP contribution >= 0.6 is 23.2 Å². The van der Waals surface area contributed by atoms with Crippen molar-refractivity contribution >= 4 is 34.6 Å². The summed E-state index contributed by atoms with van der Waals surface area (Å²) in [6, 6.07) is 23.0. The van der Waals surface area contributed by atoms with E-state index in [1.54, 1.807) is 0 Å². The summed E-state index contributed by atoms with van der Waals surface area (Å²) >= 11 is 12.6. The number of nitrogens with one attached hydrogen (secondary N) is 1. The SMILES string of the molecule is Cc1ccc(Cl)c(Nc2ccc(-c3[c]cccc3)cc2)c1Cl. The van der Waals surface area contributed by atoms with Gasteiger partial charge >= 0.3 is 0 Å². The Kier molecular flexibility index (Phi) is 4.37. The summed E-state index contributed by atoms with van der Waals surface area (Å²) in [6.07, 6.45) is 0. The second kappa shape index (κ2) is 6.43. The molecule has 1 N–H and O–H groups in total. The molecule has 1 nitrogen and oxygen atoms in total. The zero-order chi connectivity index (χ0) is 15.5. The number of hydrogen-bond donors (Lipinski definition) is 1. The summed E-state index contributed by atoms with van der Waals surface area (Å²) in [7, 11) is 0. The standard InChI is InChI=1S/C19H14Cl2N/c1-13-7-12-17(20)19(18(13)21)22-16-10-8-15(9-11-16)14-5-3-2-4-6-14/h2-5,7-12,22H,1H3. The van der Waals surface area contributed by atoms with Crippen molar-refractivity contribution in [2.24, 2.45) is 0 Å². The summed E-state index contributed by atoms with van der Waals surface area (Å²) in [5.41, 5.74) is 4.86. The number of rotatable bonds is 3. The topological polar surface area (TPSA) is 12.0 Å². The lowest BCUT2D eigenvalue weighted by atomic mass is 10.1. The molecule has 3 aromatic rings. The van der Waals surface area contributed by atoms with Crippen molar-refractivity contribution in [1.29, 1.82) is 0 Å². The van der Waals surface area contributed by atoms with Crippen molar-refractivity contribution < 1.29 is 0 Å². The van der Waals surface area contributed by atoms with Gasteiger partial charge < -0.3 is 5.32 Å². The number of hydrogen-bond acceptors (Lipinski definition) is 1. The van der Waals surface area contributed by atoms with Crippen LogP contribution in [-0.4, -0.2) is 0 Å². The van der Waals surface area contributed by atoms with Crippen molar-refractivity contribution in [2.45, 2.75) is 6.92 Å². The van der Waals surface area contributed by atoms with Gasteiger partial charge in [-0.1, -0.05) is 65.7 Å². The fourth-order valence-electron chi connectivity index (χ4n) is 2.22. The molecule has 0 aromatic heterocycles. The molecule has 3 heteroatoms. The fraction of sp³-hybridized carbons (Fsp3) is 0.0526. The maximum Gasteiger partial charge on any atom is 0.0765 e. The number of aryl methyl sites for hydroxylation is 1. The maximum atomic E-state index is 6.32. The Bertz CT molecular complexity index is 781. The van der Waals surface area contributed by atoms with Gasteiger partial charge in [-0.25, -0.2) is 0 Å². The smallest absolute Gasteiger partial charge is 0.0765 e. The highest BCUT2D eigenvalue weighted by Crippen LogP contribution is 2.35. The zero-order valence-corrected chi connectivity index (χ0v) is 13.5. The Morgan fingerprint density at radius 1 is 0.909 bits per heavy atom. The fourth-order valence-corrected chi connectivity index (χ4v) is 2.69. The predicted octanol–water partition coefficient (Wildman–Crippen LogP) is 6.51. The lowest BCUT2D eigenvalue weighted by Gasteiger charge is -2.12. The van der Waals surface area contributed by atoms with Crippen LogP contribution in [0.4, 0.5) is 11.4 Å². The van der Waals surface area contributed by atoms with Crippen molar-refractivity contribution in [3.05, 3.63) is 82.3 Å². The summed E-state index contributed by atoms with van der Waals surface area (Å²) in [6.45, 7) is 1.96. The normalized spacial score (nSPS) is 10.5. The second-order valence-electron chi connectivity index (χ2n) is 5.03. The third-order valence-electron chi connectivity index (χ3n) is 3.46. The molecule has 0 aliphatic heterocycles. The minimum Gasteiger partial charge on any atom is -0.353 e. The van der Waals surface area contributed by atoms with Crippen LogP contribution < -0.4 is 5.32 Å². The van der Waals surface area contributed by atoms with Crippen molar-refractivity contribution in [1.82, 2.24) is 0 Å². The Balaban J connectivity index is 1.87. The molecular formula is C19H14Cl2N. The van der Waals surface area contributed by atoms with Gasteiger partial charge in [0, 0.05) is 5.69 Å². The van der Waals surface area contributed by atoms with Crippen molar-refractivity contribution in [3.63, 3.8) is 0 Å². The summed E-state index contributed by atoms with van der Waals surface area (Å²) < 4.78 is 0. The maximum absolute atomic E-state index is 6.32. The van der Waals surface area contributed by atoms with Crippen LogP contribution in [0.5, 0.6) is 0 Å². The highest BCUT2D eigenvalue weighted by Gasteiger charge is 2.08. The van der Waals surface area contributed by atoms with Crippen LogP contribution in [-0.2, 0) is 0 Å². The minimum atomic E-state index is 0.607. The molecule has 1 radical (unpaired) electrons. The van der Waals surface area contributed by atoms with E-state index in [1.807, 2.05) is 67.6 Å². The predicted molar refractivity (Wildman–Crippen MR) is 95.2 cm³/mol. The molecule has 0 aliphatic rings. The van der Waals surface area contributed by atoms with Crippen LogP contribution in [0.1, 0.15) is 5.56 Å². The van der Waals surface area contributed by atoms with Crippen LogP contribution in [0.2, 0.25) is 10.0 Å². The lowest BCUT2D eigenvalue weighted by Crippen LogP contribution is -1.94. The highest BCUT2D eigenvalue weighted by molar-refractivity contribution is 6.39. The first-order chi connectivity index (χ1) is 10.6. The molecule has 0 atom stereocenters. The van der Waals surface area contributed by atoms with E-state index in [0.29, 0.717) is 10.0 Å². The first-order valence-electron chi connectivity index (χ1n) is 6.94. The van der Waals surface area contributed by atoms with Gasteiger partial charge in [-0.15, -0.1) is 0 Å². The molecule has 0 aliphatic carbocycles. The van der Waals surface area contributed by atoms with Gasteiger partial charge in [0.25, 0.3) is 0 Å². The highest BCUT2D eigenvalue weighted by atomic mass is 35.5. The molecule has 109 valence electrons. The molecule has 0 fully saturated rings. The molecule has 3 aromatic carbocycles. The second-order valence-corrected chi connectivity index (χ2v) is 5.82. The molecule has 0 bridgehead atoms. The molecule has 0 heterocycles. The van der Waals surface area contributed by atoms with E-state index in [-0.39, 0.29) is 0 Å². The van der Waals surface area contributed by atoms with Gasteiger partial charge in [-0.3, -0.25) is 0 Å². The van der Waals surface area contributed by atoms with Gasteiger partial charge in [-0.2, -0.15) is 0 Å². The Morgan fingerprint density at radius 2 is 1.68 bits per heavy atom. The van der Waals surface area contributed by atoms with Crippen molar-refractivity contribution in [3.8, 4) is 11.1 Å². The molecule has 22 heavy (non-hydrogen) atoms. The quantitative estimate of drug-likeness (QED) is 0.578. The van der Waals surface area contributed by atoms with E-state index in [1.165, 1.54) is 0 Å². The number of anilines is 2. The van der Waals surface area contributed by atoms with Crippen LogP contribution in [0.3, 0.4) is 0 Å². The van der Waals surface area contributed by atoms with Gasteiger partial charge in [0.2, 0.25) is 0 Å². The van der Waals surface area contributed by atoms with Gasteiger partial charge in [0.05, 0.1) is 15.7 Å². The van der Waals surface area contributed by atoms with Crippen LogP contribution in [0.25, 0.3) is 11.1 Å². The summed E-state index contributed by atoms with van der Waals surface area (Å²) in [4.78, 5) is 0. The van der Waals surface area contributed by atoms with E-state index < -0.39 is 0 Å². The van der Waals surface area contributed by atoms with Crippen LogP contribution in [0, 0.1) is 13.0 Å². The molecule has 0 saturated carbocycles. The number of benzene rings is 3. The monoisotopic (exact) mass is 326 g/mol. The first-order valence-corrected chi connectivity index (χ1v) is 7.69. The first kappa shape index (κ1) is 15.0. The summed E-state index contributed by atoms with van der Waals surface area (Å²) in [5.74, 6) is 0. The van der Waals surface area contributed by atoms with Crippen LogP contribution in [0.15, 0.2) is 60.7 Å². The Morgan fingerprint density at radius 3 is 2.36 bits per heavy atom. The third-order valence-corrected chi connectivity index (χ3v) is 4.26. The average Bonchev–Trinajstić information content (AvgIpc) is 2.57. The van der Waals surface area contributed by atoms with E-state index >= 15 is 0 Å². The molecule has 3 rings (SSSR count). The molecular weight excluding hydrogens is 313 g/mol. The van der Waals surface area contributed by atoms with Gasteiger partial charge in [0.15, 0.2) is 0 Å². The van der Waals surface area contributed by atoms with E-state index in [0.717, 1.165) is 28.1 Å².